The number of anilines is 1. The number of fused-ring (bicyclic) bond motifs is 5. The van der Waals surface area contributed by atoms with E-state index in [4.69, 9.17) is 16.3 Å². The molecule has 2 aliphatic rings. The first-order valence-corrected chi connectivity index (χ1v) is 8.08. The second-order valence-corrected chi connectivity index (χ2v) is 6.39. The third kappa shape index (κ3) is 2.25. The zero-order valence-electron chi connectivity index (χ0n) is 12.6. The molecule has 0 aromatic heterocycles. The van der Waals surface area contributed by atoms with E-state index in [1.165, 1.54) is 16.8 Å². The first-order chi connectivity index (χ1) is 10.7. The molecule has 0 saturated heterocycles. The minimum absolute atomic E-state index is 0.206. The lowest BCUT2D eigenvalue weighted by atomic mass is 9.95. The van der Waals surface area contributed by atoms with Crippen molar-refractivity contribution in [1.29, 1.82) is 0 Å². The second-order valence-electron chi connectivity index (χ2n) is 5.95. The lowest BCUT2D eigenvalue weighted by molar-refractivity contribution is 0.209. The maximum Gasteiger partial charge on any atom is 0.124 e. The Morgan fingerprint density at radius 2 is 1.91 bits per heavy atom. The SMILES string of the molecule is CN1CCN2CCOc3ccccc3C2c2cc(Cl)ccc21. The molecule has 0 spiro atoms. The van der Waals surface area contributed by atoms with Crippen molar-refractivity contribution < 1.29 is 4.74 Å². The Hall–Kier alpha value is -1.71. The molecule has 0 N–H and O–H groups in total. The topological polar surface area (TPSA) is 15.7 Å². The lowest BCUT2D eigenvalue weighted by Gasteiger charge is -2.28. The molecule has 0 radical (unpaired) electrons. The summed E-state index contributed by atoms with van der Waals surface area (Å²) in [6.45, 7) is 3.69. The van der Waals surface area contributed by atoms with Gasteiger partial charge in [0.05, 0.1) is 6.04 Å². The third-order valence-corrected chi connectivity index (χ3v) is 4.87. The summed E-state index contributed by atoms with van der Waals surface area (Å²) in [6.07, 6.45) is 0. The number of likely N-dealkylation sites (N-methyl/N-ethyl adjacent to an activating group) is 1. The highest BCUT2D eigenvalue weighted by molar-refractivity contribution is 6.30. The molecular weight excluding hydrogens is 296 g/mol. The first-order valence-electron chi connectivity index (χ1n) is 7.70. The van der Waals surface area contributed by atoms with E-state index < -0.39 is 0 Å². The largest absolute Gasteiger partial charge is 0.492 e. The van der Waals surface area contributed by atoms with Crippen molar-refractivity contribution in [3.63, 3.8) is 0 Å². The molecule has 0 fully saturated rings. The van der Waals surface area contributed by atoms with Crippen molar-refractivity contribution in [3.05, 3.63) is 58.6 Å². The van der Waals surface area contributed by atoms with Gasteiger partial charge in [-0.15, -0.1) is 0 Å². The number of para-hydroxylation sites is 1. The third-order valence-electron chi connectivity index (χ3n) is 4.63. The molecule has 2 aliphatic heterocycles. The minimum atomic E-state index is 0.206. The van der Waals surface area contributed by atoms with Gasteiger partial charge in [-0.2, -0.15) is 0 Å². The summed E-state index contributed by atoms with van der Waals surface area (Å²) < 4.78 is 5.97. The van der Waals surface area contributed by atoms with Crippen molar-refractivity contribution in [2.75, 3.05) is 38.2 Å². The van der Waals surface area contributed by atoms with Crippen LogP contribution >= 0.6 is 11.6 Å². The maximum atomic E-state index is 6.31. The highest BCUT2D eigenvalue weighted by Crippen LogP contribution is 2.42. The van der Waals surface area contributed by atoms with Crippen LogP contribution in [0, 0.1) is 0 Å². The van der Waals surface area contributed by atoms with Gasteiger partial charge in [-0.05, 0) is 29.8 Å². The fraction of sp³-hybridized carbons (Fsp3) is 0.333. The molecule has 114 valence electrons. The van der Waals surface area contributed by atoms with Gasteiger partial charge >= 0.3 is 0 Å². The average molecular weight is 315 g/mol. The van der Waals surface area contributed by atoms with Crippen LogP contribution in [0.2, 0.25) is 5.02 Å². The fourth-order valence-corrected chi connectivity index (χ4v) is 3.71. The zero-order valence-corrected chi connectivity index (χ0v) is 13.4. The molecule has 0 aliphatic carbocycles. The predicted octanol–water partition coefficient (Wildman–Crippen LogP) is 3.57. The number of hydrogen-bond donors (Lipinski definition) is 0. The second kappa shape index (κ2) is 5.49. The molecule has 1 unspecified atom stereocenters. The number of ether oxygens (including phenoxy) is 1. The van der Waals surface area contributed by atoms with E-state index in [1.54, 1.807) is 0 Å². The number of rotatable bonds is 0. The van der Waals surface area contributed by atoms with Crippen LogP contribution in [-0.4, -0.2) is 38.2 Å². The van der Waals surface area contributed by atoms with E-state index in [1.807, 2.05) is 12.1 Å². The molecule has 4 heteroatoms. The smallest absolute Gasteiger partial charge is 0.124 e. The average Bonchev–Trinajstić information content (AvgIpc) is 2.78. The molecule has 2 heterocycles. The Morgan fingerprint density at radius 1 is 1.05 bits per heavy atom. The molecule has 22 heavy (non-hydrogen) atoms. The predicted molar refractivity (Wildman–Crippen MR) is 90.1 cm³/mol. The van der Waals surface area contributed by atoms with Crippen molar-refractivity contribution >= 4 is 17.3 Å². The Balaban J connectivity index is 1.95. The molecule has 3 nitrogen and oxygen atoms in total. The van der Waals surface area contributed by atoms with Crippen LogP contribution in [0.3, 0.4) is 0 Å². The minimum Gasteiger partial charge on any atom is -0.492 e. The molecule has 0 bridgehead atoms. The molecule has 2 aromatic carbocycles. The van der Waals surface area contributed by atoms with Crippen molar-refractivity contribution in [2.45, 2.75) is 6.04 Å². The van der Waals surface area contributed by atoms with Gasteiger partial charge in [0.1, 0.15) is 12.4 Å². The Kier molecular flexibility index (Phi) is 3.47. The quantitative estimate of drug-likeness (QED) is 0.739. The Morgan fingerprint density at radius 3 is 2.82 bits per heavy atom. The maximum absolute atomic E-state index is 6.31. The Labute approximate surface area is 136 Å². The molecule has 4 rings (SSSR count). The van der Waals surface area contributed by atoms with Crippen molar-refractivity contribution in [3.8, 4) is 5.75 Å². The number of hydrogen-bond acceptors (Lipinski definition) is 3. The normalized spacial score (nSPS) is 21.0. The number of nitrogens with zero attached hydrogens (tertiary/aromatic N) is 2. The van der Waals surface area contributed by atoms with Crippen LogP contribution in [0.4, 0.5) is 5.69 Å². The van der Waals surface area contributed by atoms with E-state index in [9.17, 15) is 0 Å². The van der Waals surface area contributed by atoms with E-state index in [-0.39, 0.29) is 6.04 Å². The van der Waals surface area contributed by atoms with E-state index in [0.29, 0.717) is 0 Å². The highest BCUT2D eigenvalue weighted by atomic mass is 35.5. The van der Waals surface area contributed by atoms with Gasteiger partial charge in [0.2, 0.25) is 0 Å². The van der Waals surface area contributed by atoms with Crippen LogP contribution in [0.25, 0.3) is 0 Å². The van der Waals surface area contributed by atoms with Gasteiger partial charge in [-0.25, -0.2) is 0 Å². The van der Waals surface area contributed by atoms with Crippen LogP contribution in [-0.2, 0) is 0 Å². The van der Waals surface area contributed by atoms with Gasteiger partial charge in [0.15, 0.2) is 0 Å². The summed E-state index contributed by atoms with van der Waals surface area (Å²) in [5.41, 5.74) is 3.76. The van der Waals surface area contributed by atoms with Gasteiger partial charge < -0.3 is 9.64 Å². The summed E-state index contributed by atoms with van der Waals surface area (Å²) >= 11 is 6.31. The summed E-state index contributed by atoms with van der Waals surface area (Å²) in [4.78, 5) is 4.83. The standard InChI is InChI=1S/C18H19ClN2O/c1-20-8-9-21-10-11-22-17-5-3-2-4-14(17)18(21)15-12-13(19)6-7-16(15)20/h2-7,12,18H,8-11H2,1H3. The first kappa shape index (κ1) is 13.9. The highest BCUT2D eigenvalue weighted by Gasteiger charge is 2.32. The van der Waals surface area contributed by atoms with E-state index >= 15 is 0 Å². The van der Waals surface area contributed by atoms with E-state index in [2.05, 4.69) is 47.2 Å². The summed E-state index contributed by atoms with van der Waals surface area (Å²) in [5.74, 6) is 0.991. The molecular formula is C18H19ClN2O. The Bertz CT molecular complexity index is 703. The van der Waals surface area contributed by atoms with Gasteiger partial charge in [-0.3, -0.25) is 4.90 Å². The van der Waals surface area contributed by atoms with Gasteiger partial charge in [0, 0.05) is 43.0 Å². The molecule has 0 saturated carbocycles. The fourth-order valence-electron chi connectivity index (χ4n) is 3.53. The van der Waals surface area contributed by atoms with Gasteiger partial charge in [-0.1, -0.05) is 29.8 Å². The molecule has 1 atom stereocenters. The monoisotopic (exact) mass is 314 g/mol. The number of halogens is 1. The van der Waals surface area contributed by atoms with E-state index in [0.717, 1.165) is 37.0 Å². The molecule has 0 amide bonds. The van der Waals surface area contributed by atoms with Crippen molar-refractivity contribution in [1.82, 2.24) is 4.90 Å². The number of benzene rings is 2. The van der Waals surface area contributed by atoms with Crippen LogP contribution in [0.1, 0.15) is 17.2 Å². The van der Waals surface area contributed by atoms with Crippen LogP contribution < -0.4 is 9.64 Å². The summed E-state index contributed by atoms with van der Waals surface area (Å²) in [7, 11) is 2.15. The van der Waals surface area contributed by atoms with Crippen molar-refractivity contribution in [2.24, 2.45) is 0 Å². The van der Waals surface area contributed by atoms with Crippen LogP contribution in [0.5, 0.6) is 5.75 Å². The zero-order chi connectivity index (χ0) is 15.1. The summed E-state index contributed by atoms with van der Waals surface area (Å²) in [5, 5.41) is 0.789. The van der Waals surface area contributed by atoms with Gasteiger partial charge in [0.25, 0.3) is 0 Å². The summed E-state index contributed by atoms with van der Waals surface area (Å²) in [6, 6.07) is 14.8. The van der Waals surface area contributed by atoms with Crippen LogP contribution in [0.15, 0.2) is 42.5 Å². The lowest BCUT2D eigenvalue weighted by Crippen LogP contribution is -2.34. The molecule has 2 aromatic rings.